The van der Waals surface area contributed by atoms with Crippen LogP contribution in [0.15, 0.2) is 63.8 Å². The summed E-state index contributed by atoms with van der Waals surface area (Å²) in [5, 5.41) is 6.31. The summed E-state index contributed by atoms with van der Waals surface area (Å²) in [7, 11) is 1.20. The second-order valence-corrected chi connectivity index (χ2v) is 6.83. The number of carbonyl (C=O) groups is 3. The maximum atomic E-state index is 13.0. The molecule has 10 nitrogen and oxygen atoms in total. The lowest BCUT2D eigenvalue weighted by molar-refractivity contribution is -0.150. The van der Waals surface area contributed by atoms with Crippen LogP contribution in [0.3, 0.4) is 0 Å². The molecule has 0 fully saturated rings. The number of halogens is 1. The number of carbonyl (C=O) groups excluding carboxylic acids is 3. The molecule has 1 aromatic heterocycles. The molecule has 0 radical (unpaired) electrons. The Labute approximate surface area is 186 Å². The fraction of sp³-hybridized carbons (Fsp3) is 0.227. The lowest BCUT2D eigenvalue weighted by atomic mass is 10.1. The second-order valence-electron chi connectivity index (χ2n) is 6.83. The normalized spacial score (nSPS) is 11.5. The van der Waals surface area contributed by atoms with Crippen LogP contribution < -0.4 is 11.1 Å². The molecule has 1 heterocycles. The Hall–Kier alpha value is -4.28. The summed E-state index contributed by atoms with van der Waals surface area (Å²) >= 11 is 0. The van der Waals surface area contributed by atoms with Crippen molar-refractivity contribution in [2.24, 2.45) is 0 Å². The molecule has 0 aliphatic rings. The Morgan fingerprint density at radius 2 is 1.82 bits per heavy atom. The average molecular weight is 457 g/mol. The van der Waals surface area contributed by atoms with Crippen molar-refractivity contribution in [3.63, 3.8) is 0 Å². The molecule has 0 saturated carbocycles. The van der Waals surface area contributed by atoms with Gasteiger partial charge in [0.2, 0.25) is 5.89 Å². The van der Waals surface area contributed by atoms with Crippen LogP contribution in [0.5, 0.6) is 0 Å². The third-order valence-corrected chi connectivity index (χ3v) is 4.44. The highest BCUT2D eigenvalue weighted by molar-refractivity contribution is 5.86. The number of benzene rings is 2. The predicted molar refractivity (Wildman–Crippen MR) is 111 cm³/mol. The van der Waals surface area contributed by atoms with E-state index in [1.165, 1.54) is 31.4 Å². The third-order valence-electron chi connectivity index (χ3n) is 4.44. The Kier molecular flexibility index (Phi) is 7.68. The summed E-state index contributed by atoms with van der Waals surface area (Å²) in [4.78, 5) is 48.1. The first-order chi connectivity index (χ1) is 15.9. The molecule has 0 saturated heterocycles. The van der Waals surface area contributed by atoms with E-state index in [0.29, 0.717) is 10.2 Å². The van der Waals surface area contributed by atoms with Gasteiger partial charge in [0.15, 0.2) is 6.61 Å². The van der Waals surface area contributed by atoms with Crippen molar-refractivity contribution in [2.45, 2.75) is 19.0 Å². The molecule has 3 rings (SSSR count). The van der Waals surface area contributed by atoms with Gasteiger partial charge >= 0.3 is 17.7 Å². The Morgan fingerprint density at radius 1 is 1.12 bits per heavy atom. The summed E-state index contributed by atoms with van der Waals surface area (Å²) in [5.74, 6) is -3.81. The van der Waals surface area contributed by atoms with E-state index in [4.69, 9.17) is 13.9 Å². The van der Waals surface area contributed by atoms with Gasteiger partial charge in [0.25, 0.3) is 5.91 Å². The van der Waals surface area contributed by atoms with Crippen LogP contribution >= 0.6 is 0 Å². The molecule has 1 amide bonds. The minimum absolute atomic E-state index is 0.104. The monoisotopic (exact) mass is 457 g/mol. The van der Waals surface area contributed by atoms with Crippen molar-refractivity contribution in [3.8, 4) is 11.5 Å². The Bertz CT molecular complexity index is 1170. The van der Waals surface area contributed by atoms with Gasteiger partial charge in [-0.05, 0) is 29.8 Å². The highest BCUT2D eigenvalue weighted by atomic mass is 19.1. The number of rotatable bonds is 9. The molecule has 11 heteroatoms. The summed E-state index contributed by atoms with van der Waals surface area (Å²) in [5.41, 5.74) is 1.14. The smallest absolute Gasteiger partial charge is 0.437 e. The molecule has 3 aromatic rings. The van der Waals surface area contributed by atoms with Crippen LogP contribution in [0.1, 0.15) is 5.56 Å². The van der Waals surface area contributed by atoms with Gasteiger partial charge in [-0.15, -0.1) is 5.10 Å². The molecule has 0 unspecified atom stereocenters. The molecule has 0 aliphatic carbocycles. The highest BCUT2D eigenvalue weighted by Gasteiger charge is 2.23. The van der Waals surface area contributed by atoms with Crippen molar-refractivity contribution in [2.75, 3.05) is 13.7 Å². The quantitative estimate of drug-likeness (QED) is 0.473. The first-order valence-corrected chi connectivity index (χ1v) is 9.76. The van der Waals surface area contributed by atoms with Gasteiger partial charge in [-0.1, -0.05) is 30.3 Å². The summed E-state index contributed by atoms with van der Waals surface area (Å²) in [6, 6.07) is 13.1. The largest absolute Gasteiger partial charge is 0.467 e. The minimum Gasteiger partial charge on any atom is -0.467 e. The van der Waals surface area contributed by atoms with Gasteiger partial charge in [-0.3, -0.25) is 9.59 Å². The van der Waals surface area contributed by atoms with Crippen LogP contribution in [0, 0.1) is 5.82 Å². The molecule has 172 valence electrons. The van der Waals surface area contributed by atoms with Crippen molar-refractivity contribution >= 4 is 17.8 Å². The van der Waals surface area contributed by atoms with E-state index in [0.717, 1.165) is 5.56 Å². The molecule has 0 spiro atoms. The van der Waals surface area contributed by atoms with E-state index in [-0.39, 0.29) is 12.3 Å². The number of nitrogens with zero attached hydrogens (tertiary/aromatic N) is 2. The van der Waals surface area contributed by atoms with Gasteiger partial charge in [0, 0.05) is 12.0 Å². The number of hydrogen-bond acceptors (Lipinski definition) is 8. The van der Waals surface area contributed by atoms with Crippen molar-refractivity contribution in [1.29, 1.82) is 0 Å². The van der Waals surface area contributed by atoms with E-state index in [2.05, 4.69) is 10.4 Å². The van der Waals surface area contributed by atoms with E-state index in [9.17, 15) is 23.6 Å². The number of hydrogen-bond donors (Lipinski definition) is 1. The lowest BCUT2D eigenvalue weighted by Gasteiger charge is -2.16. The van der Waals surface area contributed by atoms with Gasteiger partial charge in [-0.2, -0.15) is 4.68 Å². The van der Waals surface area contributed by atoms with E-state index < -0.39 is 48.6 Å². The standard InChI is InChI=1S/C22H20FN3O7/c1-31-21(29)17(11-14-5-3-2-4-6-14)24-18(27)13-32-19(28)12-26-22(30)33-20(25-26)15-7-9-16(23)10-8-15/h2-10,17H,11-13H2,1H3,(H,24,27)/t17-/m0/s1. The number of aromatic nitrogens is 2. The maximum absolute atomic E-state index is 13.0. The number of ether oxygens (including phenoxy) is 2. The zero-order chi connectivity index (χ0) is 23.8. The Balaban J connectivity index is 1.54. The van der Waals surface area contributed by atoms with Crippen molar-refractivity contribution in [1.82, 2.24) is 15.1 Å². The zero-order valence-electron chi connectivity index (χ0n) is 17.5. The summed E-state index contributed by atoms with van der Waals surface area (Å²) in [6.45, 7) is -1.29. The van der Waals surface area contributed by atoms with Gasteiger partial charge < -0.3 is 19.2 Å². The fourth-order valence-electron chi connectivity index (χ4n) is 2.85. The topological polar surface area (TPSA) is 130 Å². The minimum atomic E-state index is -0.972. The summed E-state index contributed by atoms with van der Waals surface area (Å²) in [6.07, 6.45) is 0.188. The van der Waals surface area contributed by atoms with Gasteiger partial charge in [-0.25, -0.2) is 14.0 Å². The van der Waals surface area contributed by atoms with Crippen molar-refractivity contribution < 1.29 is 32.7 Å². The number of methoxy groups -OCH3 is 1. The molecular formula is C22H20FN3O7. The van der Waals surface area contributed by atoms with Gasteiger partial charge in [0.05, 0.1) is 7.11 Å². The van der Waals surface area contributed by atoms with Crippen LogP contribution in [0.4, 0.5) is 4.39 Å². The molecular weight excluding hydrogens is 437 g/mol. The first-order valence-electron chi connectivity index (χ1n) is 9.76. The number of nitrogens with one attached hydrogen (secondary N) is 1. The van der Waals surface area contributed by atoms with Crippen LogP contribution in [0.25, 0.3) is 11.5 Å². The first kappa shape index (κ1) is 23.4. The number of amides is 1. The number of esters is 2. The van der Waals surface area contributed by atoms with Crippen LogP contribution in [0.2, 0.25) is 0 Å². The molecule has 0 bridgehead atoms. The molecule has 2 aromatic carbocycles. The van der Waals surface area contributed by atoms with Gasteiger partial charge in [0.1, 0.15) is 18.4 Å². The fourth-order valence-corrected chi connectivity index (χ4v) is 2.85. The molecule has 0 aliphatic heterocycles. The SMILES string of the molecule is COC(=O)[C@H](Cc1ccccc1)NC(=O)COC(=O)Cn1nc(-c2ccc(F)cc2)oc1=O. The maximum Gasteiger partial charge on any atom is 0.437 e. The van der Waals surface area contributed by atoms with E-state index in [1.807, 2.05) is 6.07 Å². The van der Waals surface area contributed by atoms with Crippen LogP contribution in [-0.4, -0.2) is 47.4 Å². The average Bonchev–Trinajstić information content (AvgIpc) is 3.17. The Morgan fingerprint density at radius 3 is 2.48 bits per heavy atom. The zero-order valence-corrected chi connectivity index (χ0v) is 17.5. The predicted octanol–water partition coefficient (Wildman–Crippen LogP) is 1.09. The molecule has 1 N–H and O–H groups in total. The van der Waals surface area contributed by atoms with Crippen molar-refractivity contribution in [3.05, 3.63) is 76.5 Å². The van der Waals surface area contributed by atoms with E-state index >= 15 is 0 Å². The third kappa shape index (κ3) is 6.60. The second kappa shape index (κ2) is 10.8. The molecule has 1 atom stereocenters. The lowest BCUT2D eigenvalue weighted by Crippen LogP contribution is -2.44. The highest BCUT2D eigenvalue weighted by Crippen LogP contribution is 2.15. The molecule has 33 heavy (non-hydrogen) atoms. The van der Waals surface area contributed by atoms with E-state index in [1.54, 1.807) is 24.3 Å². The van der Waals surface area contributed by atoms with Crippen LogP contribution in [-0.2, 0) is 36.8 Å². The summed E-state index contributed by atoms with van der Waals surface area (Å²) < 4.78 is 28.3.